The summed E-state index contributed by atoms with van der Waals surface area (Å²) in [6.07, 6.45) is -3.65. The normalized spacial score (nSPS) is 18.0. The van der Waals surface area contributed by atoms with E-state index in [0.29, 0.717) is 59.8 Å². The molecule has 0 bridgehead atoms. The van der Waals surface area contributed by atoms with Gasteiger partial charge in [0.2, 0.25) is 0 Å². The van der Waals surface area contributed by atoms with Gasteiger partial charge in [-0.2, -0.15) is 13.2 Å². The smallest absolute Gasteiger partial charge is 0.416 e. The van der Waals surface area contributed by atoms with Gasteiger partial charge in [0.15, 0.2) is 0 Å². The first-order valence-electron chi connectivity index (χ1n) is 13.6. The van der Waals surface area contributed by atoms with Gasteiger partial charge in [0, 0.05) is 24.0 Å². The minimum absolute atomic E-state index is 0.0421. The lowest BCUT2D eigenvalue weighted by atomic mass is 9.91. The molecule has 2 N–H and O–H groups in total. The second kappa shape index (κ2) is 10.9. The van der Waals surface area contributed by atoms with E-state index in [-0.39, 0.29) is 18.9 Å². The summed E-state index contributed by atoms with van der Waals surface area (Å²) in [5.41, 5.74) is 2.51. The highest BCUT2D eigenvalue weighted by molar-refractivity contribution is 5.74. The lowest BCUT2D eigenvalue weighted by Crippen LogP contribution is -2.21. The number of ether oxygens (including phenoxy) is 3. The van der Waals surface area contributed by atoms with E-state index < -0.39 is 29.4 Å². The second-order valence-corrected chi connectivity index (χ2v) is 11.4. The predicted molar refractivity (Wildman–Crippen MR) is 147 cm³/mol. The van der Waals surface area contributed by atoms with Gasteiger partial charge < -0.3 is 24.4 Å². The van der Waals surface area contributed by atoms with E-state index in [2.05, 4.69) is 0 Å². The number of fused-ring (bicyclic) bond motifs is 2. The first kappa shape index (κ1) is 28.8. The Balaban J connectivity index is 1.43. The van der Waals surface area contributed by atoms with Crippen LogP contribution in [0.3, 0.4) is 0 Å². The van der Waals surface area contributed by atoms with Gasteiger partial charge in [-0.3, -0.25) is 4.79 Å². The van der Waals surface area contributed by atoms with Gasteiger partial charge in [0.1, 0.15) is 23.4 Å². The van der Waals surface area contributed by atoms with E-state index in [1.165, 1.54) is 12.1 Å². The topological polar surface area (TPSA) is 85.2 Å². The van der Waals surface area contributed by atoms with Crippen LogP contribution in [0.4, 0.5) is 13.2 Å². The Labute approximate surface area is 236 Å². The van der Waals surface area contributed by atoms with Gasteiger partial charge in [0.05, 0.1) is 30.8 Å². The molecule has 0 saturated carbocycles. The molecule has 41 heavy (non-hydrogen) atoms. The molecule has 6 nitrogen and oxygen atoms in total. The summed E-state index contributed by atoms with van der Waals surface area (Å²) in [7, 11) is 0. The van der Waals surface area contributed by atoms with Crippen LogP contribution >= 0.6 is 0 Å². The highest BCUT2D eigenvalue weighted by Crippen LogP contribution is 2.46. The van der Waals surface area contributed by atoms with Crippen molar-refractivity contribution in [3.63, 3.8) is 0 Å². The standard InChI is InChI=1S/C32H33F3O6/c1-18-12-21(39-11-10-31(2,3)38)4-6-23(18)26-14-20(32(33,34)35)15-27-25(26)8-9-28(27)41-22-5-7-24-19(13-30(36)37)17-40-29(24)16-22/h4-7,12,14-16,19,28,38H,8-11,13,17H2,1-3H3,(H,36,37). The molecule has 0 aromatic heterocycles. The van der Waals surface area contributed by atoms with Crippen molar-refractivity contribution < 1.29 is 42.4 Å². The van der Waals surface area contributed by atoms with Crippen LogP contribution in [-0.4, -0.2) is 35.0 Å². The Morgan fingerprint density at radius 2 is 1.78 bits per heavy atom. The number of hydrogen-bond donors (Lipinski definition) is 2. The van der Waals surface area contributed by atoms with E-state index in [1.807, 2.05) is 6.92 Å². The van der Waals surface area contributed by atoms with E-state index >= 15 is 0 Å². The molecule has 9 heteroatoms. The molecule has 0 amide bonds. The van der Waals surface area contributed by atoms with Crippen molar-refractivity contribution in [3.8, 4) is 28.4 Å². The van der Waals surface area contributed by atoms with Crippen molar-refractivity contribution in [2.45, 2.75) is 70.3 Å². The lowest BCUT2D eigenvalue weighted by molar-refractivity contribution is -0.138. The molecule has 0 saturated heterocycles. The first-order valence-corrected chi connectivity index (χ1v) is 13.6. The number of aryl methyl sites for hydroxylation is 1. The number of aliphatic hydroxyl groups is 1. The molecule has 0 fully saturated rings. The molecular formula is C32H33F3O6. The molecule has 0 spiro atoms. The van der Waals surface area contributed by atoms with Crippen molar-refractivity contribution in [1.82, 2.24) is 0 Å². The number of carbonyl (C=O) groups is 1. The molecule has 2 unspecified atom stereocenters. The van der Waals surface area contributed by atoms with Crippen molar-refractivity contribution in [2.75, 3.05) is 13.2 Å². The van der Waals surface area contributed by atoms with Crippen LogP contribution in [0.1, 0.15) is 72.9 Å². The van der Waals surface area contributed by atoms with Crippen LogP contribution in [0.25, 0.3) is 11.1 Å². The summed E-state index contributed by atoms with van der Waals surface area (Å²) in [4.78, 5) is 11.1. The summed E-state index contributed by atoms with van der Waals surface area (Å²) in [6.45, 7) is 5.82. The summed E-state index contributed by atoms with van der Waals surface area (Å²) in [5.74, 6) is 0.429. The van der Waals surface area contributed by atoms with Crippen molar-refractivity contribution in [1.29, 1.82) is 0 Å². The lowest BCUT2D eigenvalue weighted by Gasteiger charge is -2.20. The molecule has 5 rings (SSSR count). The SMILES string of the molecule is Cc1cc(OCCC(C)(C)O)ccc1-c1cc(C(F)(F)F)cc2c1CCC2Oc1ccc2c(c1)OCC2CC(=O)O. The highest BCUT2D eigenvalue weighted by atomic mass is 19.4. The van der Waals surface area contributed by atoms with Crippen molar-refractivity contribution >= 4 is 5.97 Å². The average molecular weight is 571 g/mol. The molecular weight excluding hydrogens is 537 g/mol. The summed E-state index contributed by atoms with van der Waals surface area (Å²) in [6, 6.07) is 12.9. The fourth-order valence-corrected chi connectivity index (χ4v) is 5.54. The molecule has 1 aliphatic carbocycles. The third-order valence-corrected chi connectivity index (χ3v) is 7.65. The number of alkyl halides is 3. The molecule has 218 valence electrons. The Morgan fingerprint density at radius 3 is 2.46 bits per heavy atom. The van der Waals surface area contributed by atoms with Crippen LogP contribution < -0.4 is 14.2 Å². The van der Waals surface area contributed by atoms with Crippen LogP contribution in [0.15, 0.2) is 48.5 Å². The number of carboxylic acids is 1. The highest BCUT2D eigenvalue weighted by Gasteiger charge is 2.36. The maximum absolute atomic E-state index is 14.0. The number of rotatable bonds is 9. The molecule has 0 radical (unpaired) electrons. The maximum Gasteiger partial charge on any atom is 0.416 e. The van der Waals surface area contributed by atoms with Gasteiger partial charge >= 0.3 is 12.1 Å². The number of halogens is 3. The predicted octanol–water partition coefficient (Wildman–Crippen LogP) is 7.24. The first-order chi connectivity index (χ1) is 19.3. The van der Waals surface area contributed by atoms with E-state index in [9.17, 15) is 23.1 Å². The van der Waals surface area contributed by atoms with Crippen molar-refractivity contribution in [3.05, 3.63) is 76.3 Å². The van der Waals surface area contributed by atoms with Crippen LogP contribution in [0, 0.1) is 6.92 Å². The van der Waals surface area contributed by atoms with Gasteiger partial charge in [-0.25, -0.2) is 0 Å². The Kier molecular flexibility index (Phi) is 7.68. The van der Waals surface area contributed by atoms with Gasteiger partial charge in [0.25, 0.3) is 0 Å². The summed E-state index contributed by atoms with van der Waals surface area (Å²) >= 11 is 0. The van der Waals surface area contributed by atoms with Crippen LogP contribution in [-0.2, 0) is 17.4 Å². The van der Waals surface area contributed by atoms with Crippen molar-refractivity contribution in [2.24, 2.45) is 0 Å². The third kappa shape index (κ3) is 6.45. The van der Waals surface area contributed by atoms with Gasteiger partial charge in [-0.15, -0.1) is 0 Å². The monoisotopic (exact) mass is 570 g/mol. The molecule has 3 aromatic rings. The fraction of sp³-hybridized carbons (Fsp3) is 0.406. The number of aliphatic carboxylic acids is 1. The fourth-order valence-electron chi connectivity index (χ4n) is 5.54. The Hall–Kier alpha value is -3.72. The van der Waals surface area contributed by atoms with E-state index in [1.54, 1.807) is 50.2 Å². The third-order valence-electron chi connectivity index (χ3n) is 7.65. The van der Waals surface area contributed by atoms with E-state index in [0.717, 1.165) is 16.7 Å². The summed E-state index contributed by atoms with van der Waals surface area (Å²) in [5, 5.41) is 19.0. The quantitative estimate of drug-likeness (QED) is 0.282. The number of hydrogen-bond acceptors (Lipinski definition) is 5. The zero-order valence-electron chi connectivity index (χ0n) is 23.2. The molecule has 2 aliphatic rings. The second-order valence-electron chi connectivity index (χ2n) is 11.4. The average Bonchev–Trinajstić information content (AvgIpc) is 3.46. The molecule has 1 aliphatic heterocycles. The minimum atomic E-state index is -4.54. The zero-order valence-corrected chi connectivity index (χ0v) is 23.2. The Bertz CT molecular complexity index is 1460. The largest absolute Gasteiger partial charge is 0.493 e. The maximum atomic E-state index is 14.0. The van der Waals surface area contributed by atoms with Crippen LogP contribution in [0.2, 0.25) is 0 Å². The number of carboxylic acid groups (broad SMARTS) is 1. The number of benzene rings is 3. The summed E-state index contributed by atoms with van der Waals surface area (Å²) < 4.78 is 59.8. The van der Waals surface area contributed by atoms with Crippen LogP contribution in [0.5, 0.6) is 17.2 Å². The molecule has 3 aromatic carbocycles. The Morgan fingerprint density at radius 1 is 1.02 bits per heavy atom. The zero-order chi connectivity index (χ0) is 29.5. The van der Waals surface area contributed by atoms with Gasteiger partial charge in [-0.05, 0) is 91.8 Å². The molecule has 1 heterocycles. The minimum Gasteiger partial charge on any atom is -0.493 e. The van der Waals surface area contributed by atoms with E-state index in [4.69, 9.17) is 19.3 Å². The van der Waals surface area contributed by atoms with Gasteiger partial charge in [-0.1, -0.05) is 12.1 Å². The molecule has 2 atom stereocenters.